The van der Waals surface area contributed by atoms with Crippen molar-refractivity contribution in [2.45, 2.75) is 48.9 Å². The molecule has 3 heterocycles. The summed E-state index contributed by atoms with van der Waals surface area (Å²) >= 11 is 1.22. The Bertz CT molecular complexity index is 2010. The summed E-state index contributed by atoms with van der Waals surface area (Å²) in [5.74, 6) is 0.166. The molecule has 0 spiro atoms. The van der Waals surface area contributed by atoms with Gasteiger partial charge >= 0.3 is 18.4 Å². The average molecular weight is 836 g/mol. The number of rotatable bonds is 15. The summed E-state index contributed by atoms with van der Waals surface area (Å²) in [6, 6.07) is 31.2. The first-order valence-corrected chi connectivity index (χ1v) is 19.5. The fourth-order valence-corrected chi connectivity index (χ4v) is 6.60. The quantitative estimate of drug-likeness (QED) is 0.0850. The van der Waals surface area contributed by atoms with Crippen LogP contribution in [-0.4, -0.2) is 96.8 Å². The van der Waals surface area contributed by atoms with Crippen LogP contribution in [0.15, 0.2) is 119 Å². The summed E-state index contributed by atoms with van der Waals surface area (Å²) in [5, 5.41) is 18.4. The highest BCUT2D eigenvalue weighted by molar-refractivity contribution is 7.99. The Balaban J connectivity index is 0.000000428. The van der Waals surface area contributed by atoms with E-state index in [1.165, 1.54) is 30.0 Å². The van der Waals surface area contributed by atoms with Crippen molar-refractivity contribution in [2.24, 2.45) is 0 Å². The van der Waals surface area contributed by atoms with Gasteiger partial charge in [0.15, 0.2) is 0 Å². The van der Waals surface area contributed by atoms with E-state index in [1.54, 1.807) is 42.0 Å². The number of halogens is 3. The van der Waals surface area contributed by atoms with Gasteiger partial charge in [-0.1, -0.05) is 90.6 Å². The zero-order valence-corrected chi connectivity index (χ0v) is 32.8. The fourth-order valence-electron chi connectivity index (χ4n) is 5.74. The molecule has 14 nitrogen and oxygen atoms in total. The molecule has 1 fully saturated rings. The number of aromatic nitrogens is 3. The zero-order chi connectivity index (χ0) is 41.9. The number of morpholine rings is 1. The number of aryl methyl sites for hydroxylation is 1. The molecule has 0 aliphatic carbocycles. The molecule has 0 bridgehead atoms. The number of alkyl halides is 3. The predicted molar refractivity (Wildman–Crippen MR) is 214 cm³/mol. The highest BCUT2D eigenvalue weighted by atomic mass is 32.2. The first-order valence-electron chi connectivity index (χ1n) is 18.5. The van der Waals surface area contributed by atoms with Gasteiger partial charge in [0.25, 0.3) is 5.22 Å². The number of hydrogen-bond acceptors (Lipinski definition) is 12. The molecule has 1 aliphatic rings. The molecule has 1 saturated heterocycles. The van der Waals surface area contributed by atoms with Gasteiger partial charge < -0.3 is 39.9 Å². The number of carbonyl (C=O) groups is 3. The lowest BCUT2D eigenvalue weighted by Gasteiger charge is -2.37. The number of para-hydroxylation sites is 1. The van der Waals surface area contributed by atoms with Crippen molar-refractivity contribution < 1.29 is 46.2 Å². The number of benzene rings is 3. The van der Waals surface area contributed by atoms with Crippen LogP contribution in [0, 0.1) is 0 Å². The molecule has 1 unspecified atom stereocenters. The minimum Gasteiger partial charge on any atom is -0.453 e. The summed E-state index contributed by atoms with van der Waals surface area (Å²) in [6.45, 7) is -1.66. The Kier molecular flexibility index (Phi) is 17.1. The number of carbonyl (C=O) groups excluding carboxylic acids is 3. The van der Waals surface area contributed by atoms with Crippen LogP contribution in [0.4, 0.5) is 28.4 Å². The van der Waals surface area contributed by atoms with Gasteiger partial charge in [-0.3, -0.25) is 9.78 Å². The Labute approximate surface area is 343 Å². The number of ether oxygens (including phenoxy) is 3. The van der Waals surface area contributed by atoms with E-state index >= 15 is 0 Å². The molecule has 1 aliphatic heterocycles. The number of methoxy groups -OCH3 is 1. The van der Waals surface area contributed by atoms with Gasteiger partial charge in [-0.05, 0) is 54.2 Å². The Morgan fingerprint density at radius 1 is 0.881 bits per heavy atom. The van der Waals surface area contributed by atoms with E-state index in [2.05, 4.69) is 96.5 Å². The minimum atomic E-state index is -4.57. The van der Waals surface area contributed by atoms with E-state index < -0.39 is 43.0 Å². The lowest BCUT2D eigenvalue weighted by molar-refractivity contribution is -0.124. The Morgan fingerprint density at radius 3 is 2.24 bits per heavy atom. The van der Waals surface area contributed by atoms with Crippen LogP contribution in [0.25, 0.3) is 11.5 Å². The molecule has 3 aromatic carbocycles. The molecule has 312 valence electrons. The third kappa shape index (κ3) is 15.7. The topological polar surface area (TPSA) is 179 Å². The van der Waals surface area contributed by atoms with Crippen LogP contribution in [0.1, 0.15) is 23.1 Å². The monoisotopic (exact) mass is 835 g/mol. The van der Waals surface area contributed by atoms with Crippen LogP contribution in [-0.2, 0) is 31.8 Å². The summed E-state index contributed by atoms with van der Waals surface area (Å²) in [5.41, 5.74) is 4.84. The molecule has 18 heteroatoms. The standard InChI is InChI=1S/C28H32F3N7O7S.C13H12/c1-42-25(40)34-13-23(39)36-20-5-3-2-4-17(20)6-7-19-12-33-21(14-43-26(41)35-16-28(29,30)31)22(44-19)15-46-27-38-37-24(45-27)18-8-10-32-11-9-18;1-3-7-12(8-4-1)11-13-9-5-2-6-10-13/h2-5,8-11,19,21-22,33H,6-7,12-16H2,1H3,(H,34,40)(H,35,41)(H,36,39);1-10H,11H2/t19-,21-,22?;/m1./s1. The van der Waals surface area contributed by atoms with E-state index in [9.17, 15) is 27.6 Å². The second kappa shape index (κ2) is 22.8. The number of amides is 3. The van der Waals surface area contributed by atoms with Crippen molar-refractivity contribution >= 4 is 35.5 Å². The largest absolute Gasteiger partial charge is 0.453 e. The van der Waals surface area contributed by atoms with Gasteiger partial charge in [0.2, 0.25) is 11.8 Å². The molecular weight excluding hydrogens is 792 g/mol. The summed E-state index contributed by atoms with van der Waals surface area (Å²) < 4.78 is 59.1. The molecule has 0 radical (unpaired) electrons. The number of nitrogens with zero attached hydrogens (tertiary/aromatic N) is 3. The third-order valence-corrected chi connectivity index (χ3v) is 9.56. The van der Waals surface area contributed by atoms with E-state index in [4.69, 9.17) is 13.9 Å². The van der Waals surface area contributed by atoms with Gasteiger partial charge in [-0.15, -0.1) is 10.2 Å². The van der Waals surface area contributed by atoms with Crippen LogP contribution in [0.5, 0.6) is 0 Å². The highest BCUT2D eigenvalue weighted by Crippen LogP contribution is 2.27. The first-order chi connectivity index (χ1) is 28.5. The van der Waals surface area contributed by atoms with E-state index in [1.807, 2.05) is 12.1 Å². The molecule has 6 rings (SSSR count). The molecule has 59 heavy (non-hydrogen) atoms. The number of thioether (sulfide) groups is 1. The van der Waals surface area contributed by atoms with Gasteiger partial charge in [0.05, 0.1) is 25.4 Å². The van der Waals surface area contributed by atoms with Gasteiger partial charge in [0.1, 0.15) is 19.7 Å². The fraction of sp³-hybridized carbons (Fsp3) is 0.317. The SMILES string of the molecule is COC(=O)NCC(=O)Nc1ccccc1CC[C@@H]1CN[C@H](COC(=O)NCC(F)(F)F)C(CSc2nnc(-c3ccncc3)o2)O1.c1ccc(Cc2ccccc2)cc1. The van der Waals surface area contributed by atoms with Crippen molar-refractivity contribution in [3.05, 3.63) is 126 Å². The highest BCUT2D eigenvalue weighted by Gasteiger charge is 2.33. The van der Waals surface area contributed by atoms with Crippen LogP contribution < -0.4 is 21.3 Å². The maximum absolute atomic E-state index is 12.5. The number of nitrogens with one attached hydrogen (secondary N) is 4. The van der Waals surface area contributed by atoms with Crippen molar-refractivity contribution in [3.8, 4) is 11.5 Å². The van der Waals surface area contributed by atoms with E-state index in [0.717, 1.165) is 12.0 Å². The Hall–Kier alpha value is -5.98. The summed E-state index contributed by atoms with van der Waals surface area (Å²) in [7, 11) is 1.20. The summed E-state index contributed by atoms with van der Waals surface area (Å²) in [6.07, 6.45) is -2.09. The van der Waals surface area contributed by atoms with Crippen molar-refractivity contribution in [1.29, 1.82) is 0 Å². The molecule has 2 aromatic heterocycles. The molecule has 3 amide bonds. The lowest BCUT2D eigenvalue weighted by Crippen LogP contribution is -2.56. The van der Waals surface area contributed by atoms with Crippen molar-refractivity contribution in [1.82, 2.24) is 31.1 Å². The summed E-state index contributed by atoms with van der Waals surface area (Å²) in [4.78, 5) is 39.4. The molecular formula is C41H44F3N7O7S. The molecule has 4 N–H and O–H groups in total. The number of alkyl carbamates (subject to hydrolysis) is 2. The third-order valence-electron chi connectivity index (χ3n) is 8.66. The molecule has 0 saturated carbocycles. The molecule has 5 aromatic rings. The maximum Gasteiger partial charge on any atom is 0.407 e. The normalized spacial score (nSPS) is 16.2. The van der Waals surface area contributed by atoms with Crippen molar-refractivity contribution in [3.63, 3.8) is 0 Å². The minimum absolute atomic E-state index is 0.248. The van der Waals surface area contributed by atoms with Gasteiger partial charge in [-0.25, -0.2) is 9.59 Å². The lowest BCUT2D eigenvalue weighted by atomic mass is 10.0. The first kappa shape index (κ1) is 44.1. The van der Waals surface area contributed by atoms with E-state index in [-0.39, 0.29) is 24.5 Å². The van der Waals surface area contributed by atoms with Crippen LogP contribution >= 0.6 is 11.8 Å². The smallest absolute Gasteiger partial charge is 0.407 e. The number of hydrogen-bond donors (Lipinski definition) is 4. The van der Waals surface area contributed by atoms with Crippen LogP contribution in [0.3, 0.4) is 0 Å². The number of anilines is 1. The second-order valence-corrected chi connectivity index (χ2v) is 14.0. The van der Waals surface area contributed by atoms with Gasteiger partial charge in [0, 0.05) is 35.9 Å². The number of pyridine rings is 1. The zero-order valence-electron chi connectivity index (χ0n) is 32.0. The average Bonchev–Trinajstić information content (AvgIpc) is 3.73. The Morgan fingerprint density at radius 2 is 1.56 bits per heavy atom. The van der Waals surface area contributed by atoms with Crippen LogP contribution in [0.2, 0.25) is 0 Å². The predicted octanol–water partition coefficient (Wildman–Crippen LogP) is 6.44. The van der Waals surface area contributed by atoms with E-state index in [0.29, 0.717) is 42.3 Å². The molecule has 3 atom stereocenters. The maximum atomic E-state index is 12.5. The van der Waals surface area contributed by atoms with Crippen molar-refractivity contribution in [2.75, 3.05) is 44.4 Å². The second-order valence-electron chi connectivity index (χ2n) is 13.0. The van der Waals surface area contributed by atoms with Gasteiger partial charge in [-0.2, -0.15) is 13.2 Å².